The number of rotatable bonds is 10. The van der Waals surface area contributed by atoms with Crippen LogP contribution in [0.5, 0.6) is 0 Å². The van der Waals surface area contributed by atoms with Crippen LogP contribution < -0.4 is 0 Å². The van der Waals surface area contributed by atoms with E-state index in [1.807, 2.05) is 0 Å². The van der Waals surface area contributed by atoms with E-state index in [9.17, 15) is 86.8 Å². The second kappa shape index (κ2) is 25.9. The fraction of sp³-hybridized carbons (Fsp3) is 0.822. The van der Waals surface area contributed by atoms with E-state index < -0.39 is 224 Å². The zero-order valence-corrected chi connectivity index (χ0v) is 39.7. The smallest absolute Gasteiger partial charge is 0.187 e. The Labute approximate surface area is 426 Å². The van der Waals surface area contributed by atoms with Gasteiger partial charge in [0.1, 0.15) is 146 Å². The van der Waals surface area contributed by atoms with Gasteiger partial charge in [0, 0.05) is 0 Å². The molecule has 30 atom stereocenters. The molecule has 0 radical (unpaired) electrons. The minimum atomic E-state index is -2.15. The van der Waals surface area contributed by atoms with E-state index in [0.29, 0.717) is 0 Å². The van der Waals surface area contributed by atoms with Crippen LogP contribution in [-0.2, 0) is 61.6 Å². The van der Waals surface area contributed by atoms with Crippen LogP contribution in [0.25, 0.3) is 6.08 Å². The Morgan fingerprint density at radius 3 is 0.853 bits per heavy atom. The molecule has 0 spiro atoms. The molecule has 17 N–H and O–H groups in total. The van der Waals surface area contributed by atoms with E-state index in [1.54, 1.807) is 42.5 Å². The highest BCUT2D eigenvalue weighted by molar-refractivity contribution is 5.48. The van der Waals surface area contributed by atoms with E-state index in [2.05, 4.69) is 0 Å². The van der Waals surface area contributed by atoms with Crippen molar-refractivity contribution in [2.24, 2.45) is 0 Å². The highest BCUT2D eigenvalue weighted by Gasteiger charge is 2.59. The molecule has 12 bridgehead atoms. The third-order valence-electron chi connectivity index (χ3n) is 14.1. The van der Waals surface area contributed by atoms with Crippen LogP contribution in [0.4, 0.5) is 0 Å². The molecule has 30 nitrogen and oxygen atoms in total. The lowest BCUT2D eigenvalue weighted by atomic mass is 9.94. The molecule has 0 unspecified atom stereocenters. The largest absolute Gasteiger partial charge is 0.394 e. The average molecular weight is 1090 g/mol. The molecule has 75 heavy (non-hydrogen) atoms. The van der Waals surface area contributed by atoms with Gasteiger partial charge >= 0.3 is 0 Å². The number of aliphatic hydroxyl groups is 17. The third kappa shape index (κ3) is 12.3. The fourth-order valence-corrected chi connectivity index (χ4v) is 10.0. The second-order valence-corrected chi connectivity index (χ2v) is 19.0. The summed E-state index contributed by atoms with van der Waals surface area (Å²) < 4.78 is 75.9. The molecule has 23 rings (SSSR count). The van der Waals surface area contributed by atoms with Crippen molar-refractivity contribution < 1.29 is 148 Å². The normalized spacial score (nSPS) is 50.2. The van der Waals surface area contributed by atoms with Gasteiger partial charge < -0.3 is 148 Å². The van der Waals surface area contributed by atoms with E-state index in [0.717, 1.165) is 5.56 Å². The Morgan fingerprint density at radius 2 is 0.573 bits per heavy atom. The lowest BCUT2D eigenvalue weighted by Crippen LogP contribution is -2.69. The van der Waals surface area contributed by atoms with Gasteiger partial charge in [-0.1, -0.05) is 42.5 Å². The number of hydrogen-bond acceptors (Lipinski definition) is 30. The minimum Gasteiger partial charge on any atom is -0.394 e. The Balaban J connectivity index is 1.11. The van der Waals surface area contributed by atoms with E-state index in [1.165, 1.54) is 0 Å². The monoisotopic (exact) mass is 1090 g/mol. The van der Waals surface area contributed by atoms with Gasteiger partial charge in [0.25, 0.3) is 0 Å². The summed E-state index contributed by atoms with van der Waals surface area (Å²) in [7, 11) is 0. The minimum absolute atomic E-state index is 0.275. The van der Waals surface area contributed by atoms with Crippen LogP contribution in [0.1, 0.15) is 5.56 Å². The number of benzene rings is 1. The van der Waals surface area contributed by atoms with E-state index >= 15 is 0 Å². The molecule has 30 heteroatoms. The van der Waals surface area contributed by atoms with Gasteiger partial charge in [0.2, 0.25) is 0 Å². The first-order valence-electron chi connectivity index (χ1n) is 24.3. The van der Waals surface area contributed by atoms with Crippen LogP contribution in [0, 0.1) is 0 Å². The van der Waals surface area contributed by atoms with Gasteiger partial charge in [-0.3, -0.25) is 0 Å². The molecule has 22 fully saturated rings. The van der Waals surface area contributed by atoms with Crippen molar-refractivity contribution in [2.75, 3.05) is 46.2 Å². The molecule has 1 aromatic rings. The molecule has 22 saturated heterocycles. The summed E-state index contributed by atoms with van der Waals surface area (Å²) in [5, 5.41) is 188. The molecule has 22 aliphatic rings. The van der Waals surface area contributed by atoms with Gasteiger partial charge in [0.05, 0.1) is 46.2 Å². The average Bonchev–Trinajstić information content (AvgIpc) is 3.41. The predicted molar refractivity (Wildman–Crippen MR) is 235 cm³/mol. The fourth-order valence-electron chi connectivity index (χ4n) is 10.0. The van der Waals surface area contributed by atoms with Crippen LogP contribution >= 0.6 is 0 Å². The second-order valence-electron chi connectivity index (χ2n) is 19.0. The summed E-state index contributed by atoms with van der Waals surface area (Å²) in [6.07, 6.45) is -54.2. The Bertz CT molecular complexity index is 1920. The lowest BCUT2D eigenvalue weighted by Gasteiger charge is -2.51. The van der Waals surface area contributed by atoms with Crippen molar-refractivity contribution in [1.82, 2.24) is 0 Å². The van der Waals surface area contributed by atoms with Crippen molar-refractivity contribution in [3.05, 3.63) is 42.0 Å². The van der Waals surface area contributed by atoms with Crippen molar-refractivity contribution in [2.45, 2.75) is 184 Å². The zero-order valence-electron chi connectivity index (χ0n) is 39.7. The van der Waals surface area contributed by atoms with Crippen molar-refractivity contribution in [1.29, 1.82) is 0 Å². The van der Waals surface area contributed by atoms with Gasteiger partial charge in [-0.15, -0.1) is 0 Å². The first-order chi connectivity index (χ1) is 36.0. The van der Waals surface area contributed by atoms with Crippen LogP contribution in [0.15, 0.2) is 36.4 Å². The van der Waals surface area contributed by atoms with Crippen molar-refractivity contribution in [3.8, 4) is 0 Å². The maximum absolute atomic E-state index is 11.9. The molecule has 0 aliphatic carbocycles. The van der Waals surface area contributed by atoms with Crippen LogP contribution in [0.2, 0.25) is 0 Å². The van der Waals surface area contributed by atoms with E-state index in [-0.39, 0.29) is 6.61 Å². The molecule has 22 aliphatic heterocycles. The molecule has 0 aromatic heterocycles. The van der Waals surface area contributed by atoms with Crippen molar-refractivity contribution >= 4 is 6.08 Å². The summed E-state index contributed by atoms with van der Waals surface area (Å²) in [5.41, 5.74) is 0.754. The van der Waals surface area contributed by atoms with E-state index in [4.69, 9.17) is 61.6 Å². The summed E-state index contributed by atoms with van der Waals surface area (Å²) in [6, 6.07) is 8.93. The Kier molecular flexibility index (Phi) is 20.3. The summed E-state index contributed by atoms with van der Waals surface area (Å²) in [5.74, 6) is 0. The highest BCUT2D eigenvalue weighted by Crippen LogP contribution is 2.38. The molecular formula is C45H68O30. The molecular weight excluding hydrogens is 1020 g/mol. The summed E-state index contributed by atoms with van der Waals surface area (Å²) in [4.78, 5) is 0. The SMILES string of the molecule is OC[C@H]1O[C@@H]2O[C@H]3[C@H](O)[C@@H](O)[C@@H](O[C@H]4[C@H](O)[C@@H](O)[C@@H](O[C@H]5[C@H](O)[C@@H](O)[C@@H](O[C@H]6[C@H](O)[C@@H](O)[C@@H](O[C@H]7[C@H](O)[C@@H](O)[C@@H](O[C@@H]1[C@H](OC/C=C/c1ccccc1)[C@H]2O)O[C@@H]7CO)O[C@@H]6CO)O[C@@H]5CO)O[C@@H]4CO)O[C@@H]3CO. The molecule has 1 aromatic carbocycles. The van der Waals surface area contributed by atoms with Gasteiger partial charge in [-0.25, -0.2) is 0 Å². The molecule has 0 amide bonds. The number of ether oxygens (including phenoxy) is 13. The molecule has 0 saturated carbocycles. The standard InChI is InChI=1S/C45H68O30/c46-9-16-33-22(52)27(57)40(64-16)71-34-17(10-47)66-42(29(59)24(34)54)73-36-19(12-49)68-44(31(61)26(36)56)75-38-21(14-51)69-45(32(62)39(38)63-8-4-7-15-5-2-1-3-6-15)74-37-20(13-50)67-43(30(60)25(37)55)72-35-18(11-48)65-41(70-33)28(58)23(35)53/h1-7,16-62H,8-14H2/b7-4+/t16-,17-,18-,19-,20-,21-,22-,23-,24-,25-,26-,27-,28-,29-,30-,31-,32-,33-,34-,35-,36-,37-,38+,39-,40-,41-,42-,43-,44-,45-/m1/s1. The van der Waals surface area contributed by atoms with Crippen LogP contribution in [-0.4, -0.2) is 317 Å². The highest BCUT2D eigenvalue weighted by atomic mass is 16.8. The summed E-state index contributed by atoms with van der Waals surface area (Å²) >= 11 is 0. The Morgan fingerprint density at radius 1 is 0.320 bits per heavy atom. The van der Waals surface area contributed by atoms with Crippen LogP contribution in [0.3, 0.4) is 0 Å². The maximum atomic E-state index is 11.9. The number of hydrogen-bond donors (Lipinski definition) is 17. The van der Waals surface area contributed by atoms with Gasteiger partial charge in [0.15, 0.2) is 37.7 Å². The maximum Gasteiger partial charge on any atom is 0.187 e. The molecule has 428 valence electrons. The lowest BCUT2D eigenvalue weighted by molar-refractivity contribution is -0.404. The first kappa shape index (κ1) is 58.9. The predicted octanol–water partition coefficient (Wildman–Crippen LogP) is -10.3. The zero-order chi connectivity index (χ0) is 54.0. The molecule has 22 heterocycles. The van der Waals surface area contributed by atoms with Crippen molar-refractivity contribution in [3.63, 3.8) is 0 Å². The van der Waals surface area contributed by atoms with Gasteiger partial charge in [-0.2, -0.15) is 0 Å². The Hall–Kier alpha value is -2.24. The first-order valence-corrected chi connectivity index (χ1v) is 24.3. The van der Waals surface area contributed by atoms with Gasteiger partial charge in [-0.05, 0) is 5.56 Å². The quantitative estimate of drug-likeness (QED) is 0.103. The third-order valence-corrected chi connectivity index (χ3v) is 14.1. The number of aliphatic hydroxyl groups excluding tert-OH is 17. The topological polar surface area (TPSA) is 464 Å². The summed E-state index contributed by atoms with van der Waals surface area (Å²) in [6.45, 7) is -6.17.